The van der Waals surface area contributed by atoms with Gasteiger partial charge >= 0.3 is 0 Å². The largest absolute Gasteiger partial charge is 0.508 e. The molecule has 0 saturated carbocycles. The average molecular weight is 192 g/mol. The summed E-state index contributed by atoms with van der Waals surface area (Å²) in [6.45, 7) is 3.62. The van der Waals surface area contributed by atoms with Crippen LogP contribution in [-0.2, 0) is 4.79 Å². The number of carbonyl (C=O) groups excluding carboxylic acids is 1. The number of phenols is 1. The predicted octanol–water partition coefficient (Wildman–Crippen LogP) is 2.86. The Labute approximate surface area is 84.6 Å². The second-order valence-electron chi connectivity index (χ2n) is 3.70. The standard InChI is InChI=1S/C12H16O2/c1-9(7-8-10(2)13)11-5-3-4-6-12(11)14/h3-6,9,14H,7-8H2,1-2H3. The molecule has 1 rings (SSSR count). The van der Waals surface area contributed by atoms with Gasteiger partial charge in [-0.05, 0) is 30.9 Å². The summed E-state index contributed by atoms with van der Waals surface area (Å²) in [4.78, 5) is 10.8. The van der Waals surface area contributed by atoms with E-state index in [-0.39, 0.29) is 11.7 Å². The maximum atomic E-state index is 10.8. The minimum Gasteiger partial charge on any atom is -0.508 e. The van der Waals surface area contributed by atoms with Crippen LogP contribution in [0, 0.1) is 0 Å². The van der Waals surface area contributed by atoms with Crippen LogP contribution >= 0.6 is 0 Å². The third-order valence-electron chi connectivity index (χ3n) is 2.40. The number of carbonyl (C=O) groups is 1. The van der Waals surface area contributed by atoms with E-state index in [0.717, 1.165) is 12.0 Å². The van der Waals surface area contributed by atoms with Gasteiger partial charge in [-0.1, -0.05) is 25.1 Å². The number of benzene rings is 1. The van der Waals surface area contributed by atoms with Crippen molar-refractivity contribution >= 4 is 5.78 Å². The summed E-state index contributed by atoms with van der Waals surface area (Å²) in [6.07, 6.45) is 1.38. The van der Waals surface area contributed by atoms with Gasteiger partial charge in [0.15, 0.2) is 0 Å². The molecule has 0 radical (unpaired) electrons. The molecule has 2 nitrogen and oxygen atoms in total. The number of hydrogen-bond donors (Lipinski definition) is 1. The first-order chi connectivity index (χ1) is 6.61. The number of phenolic OH excluding ortho intramolecular Hbond substituents is 1. The monoisotopic (exact) mass is 192 g/mol. The van der Waals surface area contributed by atoms with E-state index in [2.05, 4.69) is 0 Å². The number of Topliss-reactive ketones (excluding diaryl/α,β-unsaturated/α-hetero) is 1. The van der Waals surface area contributed by atoms with Gasteiger partial charge in [0.05, 0.1) is 0 Å². The zero-order chi connectivity index (χ0) is 10.6. The molecule has 0 heterocycles. The van der Waals surface area contributed by atoms with Gasteiger partial charge in [-0.25, -0.2) is 0 Å². The molecule has 1 aromatic carbocycles. The number of aromatic hydroxyl groups is 1. The molecule has 0 bridgehead atoms. The van der Waals surface area contributed by atoms with E-state index in [9.17, 15) is 9.90 Å². The zero-order valence-corrected chi connectivity index (χ0v) is 8.66. The maximum Gasteiger partial charge on any atom is 0.129 e. The van der Waals surface area contributed by atoms with Crippen LogP contribution in [0.15, 0.2) is 24.3 Å². The zero-order valence-electron chi connectivity index (χ0n) is 8.66. The highest BCUT2D eigenvalue weighted by Crippen LogP contribution is 2.28. The van der Waals surface area contributed by atoms with Crippen molar-refractivity contribution < 1.29 is 9.90 Å². The van der Waals surface area contributed by atoms with E-state index in [1.54, 1.807) is 19.1 Å². The summed E-state index contributed by atoms with van der Waals surface area (Å²) >= 11 is 0. The summed E-state index contributed by atoms with van der Waals surface area (Å²) in [5.41, 5.74) is 0.925. The molecule has 0 aliphatic heterocycles. The van der Waals surface area contributed by atoms with Crippen molar-refractivity contribution in [2.75, 3.05) is 0 Å². The molecular formula is C12H16O2. The third-order valence-corrected chi connectivity index (χ3v) is 2.40. The Morgan fingerprint density at radius 3 is 2.64 bits per heavy atom. The molecule has 0 fully saturated rings. The van der Waals surface area contributed by atoms with Gasteiger partial charge in [0.1, 0.15) is 11.5 Å². The fourth-order valence-electron chi connectivity index (χ4n) is 1.48. The molecule has 1 aromatic rings. The van der Waals surface area contributed by atoms with E-state index in [1.165, 1.54) is 0 Å². The Bertz CT molecular complexity index is 318. The van der Waals surface area contributed by atoms with E-state index in [0.29, 0.717) is 12.2 Å². The fraction of sp³-hybridized carbons (Fsp3) is 0.417. The van der Waals surface area contributed by atoms with E-state index < -0.39 is 0 Å². The fourth-order valence-corrected chi connectivity index (χ4v) is 1.48. The van der Waals surface area contributed by atoms with Crippen LogP contribution in [0.4, 0.5) is 0 Å². The molecule has 76 valence electrons. The summed E-state index contributed by atoms with van der Waals surface area (Å²) < 4.78 is 0. The van der Waals surface area contributed by atoms with Crippen LogP contribution in [0.25, 0.3) is 0 Å². The van der Waals surface area contributed by atoms with Crippen molar-refractivity contribution in [2.45, 2.75) is 32.6 Å². The molecule has 0 aliphatic rings. The first kappa shape index (κ1) is 10.8. The average Bonchev–Trinajstić information content (AvgIpc) is 2.15. The van der Waals surface area contributed by atoms with E-state index in [1.807, 2.05) is 19.1 Å². The molecule has 0 saturated heterocycles. The normalized spacial score (nSPS) is 12.4. The first-order valence-electron chi connectivity index (χ1n) is 4.88. The maximum absolute atomic E-state index is 10.8. The number of hydrogen-bond acceptors (Lipinski definition) is 2. The van der Waals surface area contributed by atoms with Crippen LogP contribution in [0.3, 0.4) is 0 Å². The Kier molecular flexibility index (Phi) is 3.69. The number of rotatable bonds is 4. The number of para-hydroxylation sites is 1. The minimum atomic E-state index is 0.201. The molecule has 1 atom stereocenters. The van der Waals surface area contributed by atoms with Crippen molar-refractivity contribution in [1.82, 2.24) is 0 Å². The third kappa shape index (κ3) is 2.87. The van der Waals surface area contributed by atoms with Gasteiger partial charge in [-0.2, -0.15) is 0 Å². The molecular weight excluding hydrogens is 176 g/mol. The van der Waals surface area contributed by atoms with Gasteiger partial charge in [-0.3, -0.25) is 0 Å². The second kappa shape index (κ2) is 4.80. The van der Waals surface area contributed by atoms with Crippen LogP contribution < -0.4 is 0 Å². The molecule has 0 amide bonds. The quantitative estimate of drug-likeness (QED) is 0.796. The van der Waals surface area contributed by atoms with E-state index >= 15 is 0 Å². The van der Waals surface area contributed by atoms with Crippen molar-refractivity contribution in [2.24, 2.45) is 0 Å². The van der Waals surface area contributed by atoms with Crippen LogP contribution in [0.1, 0.15) is 38.2 Å². The van der Waals surface area contributed by atoms with Crippen molar-refractivity contribution in [3.05, 3.63) is 29.8 Å². The Hall–Kier alpha value is -1.31. The van der Waals surface area contributed by atoms with Gasteiger partial charge < -0.3 is 9.90 Å². The lowest BCUT2D eigenvalue weighted by Crippen LogP contribution is -1.98. The van der Waals surface area contributed by atoms with Crippen molar-refractivity contribution in [1.29, 1.82) is 0 Å². The summed E-state index contributed by atoms with van der Waals surface area (Å²) in [5.74, 6) is 0.760. The molecule has 0 aliphatic carbocycles. The molecule has 1 unspecified atom stereocenters. The van der Waals surface area contributed by atoms with Gasteiger partial charge in [0.2, 0.25) is 0 Å². The molecule has 0 aromatic heterocycles. The van der Waals surface area contributed by atoms with Crippen LogP contribution in [-0.4, -0.2) is 10.9 Å². The van der Waals surface area contributed by atoms with Crippen LogP contribution in [0.5, 0.6) is 5.75 Å². The van der Waals surface area contributed by atoms with Crippen molar-refractivity contribution in [3.8, 4) is 5.75 Å². The Balaban J connectivity index is 2.65. The van der Waals surface area contributed by atoms with Gasteiger partial charge in [0, 0.05) is 6.42 Å². The first-order valence-corrected chi connectivity index (χ1v) is 4.88. The predicted molar refractivity (Wildman–Crippen MR) is 56.4 cm³/mol. The molecule has 1 N–H and O–H groups in total. The Morgan fingerprint density at radius 2 is 2.07 bits per heavy atom. The highest BCUT2D eigenvalue weighted by atomic mass is 16.3. The summed E-state index contributed by atoms with van der Waals surface area (Å²) in [7, 11) is 0. The van der Waals surface area contributed by atoms with Crippen molar-refractivity contribution in [3.63, 3.8) is 0 Å². The molecule has 2 heteroatoms. The second-order valence-corrected chi connectivity index (χ2v) is 3.70. The molecule has 14 heavy (non-hydrogen) atoms. The van der Waals surface area contributed by atoms with E-state index in [4.69, 9.17) is 0 Å². The SMILES string of the molecule is CC(=O)CCC(C)c1ccccc1O. The van der Waals surface area contributed by atoms with Gasteiger partial charge in [-0.15, -0.1) is 0 Å². The topological polar surface area (TPSA) is 37.3 Å². The van der Waals surface area contributed by atoms with Crippen LogP contribution in [0.2, 0.25) is 0 Å². The Morgan fingerprint density at radius 1 is 1.43 bits per heavy atom. The molecule has 0 spiro atoms. The summed E-state index contributed by atoms with van der Waals surface area (Å²) in [5, 5.41) is 9.56. The lowest BCUT2D eigenvalue weighted by molar-refractivity contribution is -0.117. The summed E-state index contributed by atoms with van der Waals surface area (Å²) in [6, 6.07) is 7.29. The number of ketones is 1. The lowest BCUT2D eigenvalue weighted by Gasteiger charge is -2.12. The highest BCUT2D eigenvalue weighted by Gasteiger charge is 2.09. The smallest absolute Gasteiger partial charge is 0.129 e. The lowest BCUT2D eigenvalue weighted by atomic mass is 9.95. The highest BCUT2D eigenvalue weighted by molar-refractivity contribution is 5.75. The van der Waals surface area contributed by atoms with Gasteiger partial charge in [0.25, 0.3) is 0 Å². The minimum absolute atomic E-state index is 0.201.